The molecule has 0 aliphatic carbocycles. The molecular weight excluding hydrogens is 220 g/mol. The third-order valence-corrected chi connectivity index (χ3v) is 1.86. The van der Waals surface area contributed by atoms with Gasteiger partial charge in [0.05, 0.1) is 12.2 Å². The Balaban J connectivity index is 2.22. The van der Waals surface area contributed by atoms with E-state index < -0.39 is 5.97 Å². The van der Waals surface area contributed by atoms with Crippen molar-refractivity contribution in [2.45, 2.75) is 13.3 Å². The van der Waals surface area contributed by atoms with Gasteiger partial charge in [-0.25, -0.2) is 4.79 Å². The predicted octanol–water partition coefficient (Wildman–Crippen LogP) is 2.51. The second-order valence-corrected chi connectivity index (χ2v) is 3.40. The van der Waals surface area contributed by atoms with Crippen LogP contribution in [0.15, 0.2) is 42.5 Å². The highest BCUT2D eigenvalue weighted by Gasteiger charge is 2.08. The Kier molecular flexibility index (Phi) is 5.82. The van der Waals surface area contributed by atoms with Crippen molar-refractivity contribution in [2.75, 3.05) is 13.2 Å². The lowest BCUT2D eigenvalue weighted by molar-refractivity contribution is -0.199. The van der Waals surface area contributed by atoms with Crippen LogP contribution in [0.4, 0.5) is 0 Å². The molecule has 0 aliphatic rings. The monoisotopic (exact) mass is 236 g/mol. The van der Waals surface area contributed by atoms with E-state index in [9.17, 15) is 4.79 Å². The van der Waals surface area contributed by atoms with Gasteiger partial charge in [-0.15, -0.1) is 0 Å². The van der Waals surface area contributed by atoms with Crippen LogP contribution in [0.25, 0.3) is 0 Å². The summed E-state index contributed by atoms with van der Waals surface area (Å²) in [6.45, 7) is 5.85. The highest BCUT2D eigenvalue weighted by atomic mass is 17.2. The lowest BCUT2D eigenvalue weighted by Gasteiger charge is -2.07. The molecule has 0 atom stereocenters. The molecule has 4 heteroatoms. The van der Waals surface area contributed by atoms with Crippen molar-refractivity contribution in [3.63, 3.8) is 0 Å². The van der Waals surface area contributed by atoms with Gasteiger partial charge in [-0.3, -0.25) is 0 Å². The Bertz CT molecular complexity index is 359. The molecule has 0 amide bonds. The molecule has 0 radical (unpaired) electrons. The number of hydrogen-bond donors (Lipinski definition) is 0. The van der Waals surface area contributed by atoms with E-state index in [1.807, 2.05) is 25.1 Å². The van der Waals surface area contributed by atoms with Crippen LogP contribution in [0.2, 0.25) is 0 Å². The summed E-state index contributed by atoms with van der Waals surface area (Å²) in [5, 5.41) is 0. The number of esters is 1. The minimum atomic E-state index is -0.455. The zero-order valence-electron chi connectivity index (χ0n) is 9.85. The lowest BCUT2D eigenvalue weighted by atomic mass is 10.3. The molecule has 0 heterocycles. The summed E-state index contributed by atoms with van der Waals surface area (Å²) < 4.78 is 4.88. The van der Waals surface area contributed by atoms with E-state index >= 15 is 0 Å². The topological polar surface area (TPSA) is 44.8 Å². The van der Waals surface area contributed by atoms with Crippen LogP contribution >= 0.6 is 0 Å². The van der Waals surface area contributed by atoms with Crippen LogP contribution in [0.3, 0.4) is 0 Å². The molecule has 0 bridgehead atoms. The Morgan fingerprint density at radius 3 is 2.65 bits per heavy atom. The number of rotatable bonds is 7. The Morgan fingerprint density at radius 1 is 1.29 bits per heavy atom. The fourth-order valence-corrected chi connectivity index (χ4v) is 1.00. The standard InChI is InChI=1S/C13H16O4/c1-3-9-15-13(14)11(2)10-16-17-12-7-5-4-6-8-12/h4-8H,2-3,9-10H2,1H3. The summed E-state index contributed by atoms with van der Waals surface area (Å²) in [6, 6.07) is 9.01. The zero-order valence-corrected chi connectivity index (χ0v) is 9.85. The van der Waals surface area contributed by atoms with Crippen molar-refractivity contribution in [3.05, 3.63) is 42.5 Å². The SMILES string of the molecule is C=C(COOc1ccccc1)C(=O)OCCC. The van der Waals surface area contributed by atoms with Crippen molar-refractivity contribution in [1.29, 1.82) is 0 Å². The average Bonchev–Trinajstić information content (AvgIpc) is 2.37. The van der Waals surface area contributed by atoms with Gasteiger partial charge in [0, 0.05) is 0 Å². The van der Waals surface area contributed by atoms with Crippen LogP contribution in [-0.2, 0) is 14.4 Å². The first-order valence-electron chi connectivity index (χ1n) is 5.43. The number of carbonyl (C=O) groups excluding carboxylic acids is 1. The lowest BCUT2D eigenvalue weighted by Crippen LogP contribution is -2.13. The van der Waals surface area contributed by atoms with Gasteiger partial charge in [0.25, 0.3) is 0 Å². The van der Waals surface area contributed by atoms with Gasteiger partial charge in [-0.1, -0.05) is 31.7 Å². The first-order chi connectivity index (χ1) is 8.24. The number of hydrogen-bond acceptors (Lipinski definition) is 4. The van der Waals surface area contributed by atoms with Crippen LogP contribution in [0, 0.1) is 0 Å². The van der Waals surface area contributed by atoms with Crippen molar-refractivity contribution >= 4 is 5.97 Å². The summed E-state index contributed by atoms with van der Waals surface area (Å²) in [5.74, 6) is 0.116. The molecule has 0 fully saturated rings. The molecule has 0 unspecified atom stereocenters. The van der Waals surface area contributed by atoms with Gasteiger partial charge < -0.3 is 9.62 Å². The first-order valence-corrected chi connectivity index (χ1v) is 5.43. The van der Waals surface area contributed by atoms with E-state index in [4.69, 9.17) is 14.5 Å². The molecule has 4 nitrogen and oxygen atoms in total. The molecule has 0 aliphatic heterocycles. The van der Waals surface area contributed by atoms with Gasteiger partial charge >= 0.3 is 5.97 Å². The third kappa shape index (κ3) is 5.17. The number of carbonyl (C=O) groups is 1. The van der Waals surface area contributed by atoms with E-state index in [2.05, 4.69) is 6.58 Å². The Labute approximate surface area is 101 Å². The summed E-state index contributed by atoms with van der Waals surface area (Å²) in [7, 11) is 0. The fourth-order valence-electron chi connectivity index (χ4n) is 1.00. The molecule has 92 valence electrons. The maximum atomic E-state index is 11.3. The van der Waals surface area contributed by atoms with Gasteiger partial charge in [-0.2, -0.15) is 4.89 Å². The summed E-state index contributed by atoms with van der Waals surface area (Å²) in [5.41, 5.74) is 0.231. The summed E-state index contributed by atoms with van der Waals surface area (Å²) >= 11 is 0. The van der Waals surface area contributed by atoms with Crippen molar-refractivity contribution in [3.8, 4) is 5.75 Å². The average molecular weight is 236 g/mol. The maximum absolute atomic E-state index is 11.3. The third-order valence-electron chi connectivity index (χ3n) is 1.86. The van der Waals surface area contributed by atoms with E-state index in [0.717, 1.165) is 6.42 Å². The summed E-state index contributed by atoms with van der Waals surface area (Å²) in [4.78, 5) is 21.1. The van der Waals surface area contributed by atoms with E-state index in [-0.39, 0.29) is 12.2 Å². The van der Waals surface area contributed by atoms with Gasteiger partial charge in [0.15, 0.2) is 5.75 Å². The molecule has 0 N–H and O–H groups in total. The first kappa shape index (κ1) is 13.3. The molecule has 0 aromatic heterocycles. The molecule has 17 heavy (non-hydrogen) atoms. The molecular formula is C13H16O4. The molecule has 1 aromatic carbocycles. The Morgan fingerprint density at radius 2 is 2.00 bits per heavy atom. The van der Waals surface area contributed by atoms with Gasteiger partial charge in [0.2, 0.25) is 0 Å². The van der Waals surface area contributed by atoms with Crippen LogP contribution in [0.1, 0.15) is 13.3 Å². The second-order valence-electron chi connectivity index (χ2n) is 3.40. The van der Waals surface area contributed by atoms with Crippen LogP contribution in [-0.4, -0.2) is 19.2 Å². The summed E-state index contributed by atoms with van der Waals surface area (Å²) in [6.07, 6.45) is 0.778. The zero-order chi connectivity index (χ0) is 12.5. The second kappa shape index (κ2) is 7.46. The number of benzene rings is 1. The maximum Gasteiger partial charge on any atom is 0.335 e. The van der Waals surface area contributed by atoms with Crippen molar-refractivity contribution < 1.29 is 19.3 Å². The van der Waals surface area contributed by atoms with Crippen molar-refractivity contribution in [1.82, 2.24) is 0 Å². The van der Waals surface area contributed by atoms with Crippen molar-refractivity contribution in [2.24, 2.45) is 0 Å². The van der Waals surface area contributed by atoms with Gasteiger partial charge in [-0.05, 0) is 18.6 Å². The minimum Gasteiger partial charge on any atom is -0.462 e. The van der Waals surface area contributed by atoms with E-state index in [1.54, 1.807) is 12.1 Å². The highest BCUT2D eigenvalue weighted by molar-refractivity contribution is 5.87. The normalized spacial score (nSPS) is 9.71. The van der Waals surface area contributed by atoms with E-state index in [0.29, 0.717) is 12.4 Å². The molecule has 1 rings (SSSR count). The highest BCUT2D eigenvalue weighted by Crippen LogP contribution is 2.09. The molecule has 0 spiro atoms. The van der Waals surface area contributed by atoms with Crippen LogP contribution < -0.4 is 4.89 Å². The quantitative estimate of drug-likeness (QED) is 0.316. The molecule has 0 saturated heterocycles. The number of para-hydroxylation sites is 1. The van der Waals surface area contributed by atoms with Gasteiger partial charge in [0.1, 0.15) is 6.61 Å². The fraction of sp³-hybridized carbons (Fsp3) is 0.308. The number of ether oxygens (including phenoxy) is 1. The molecule has 0 saturated carbocycles. The predicted molar refractivity (Wildman–Crippen MR) is 63.4 cm³/mol. The molecule has 1 aromatic rings. The van der Waals surface area contributed by atoms with E-state index in [1.165, 1.54) is 0 Å². The minimum absolute atomic E-state index is 0.0164. The van der Waals surface area contributed by atoms with Crippen LogP contribution in [0.5, 0.6) is 5.75 Å². The largest absolute Gasteiger partial charge is 0.462 e. The smallest absolute Gasteiger partial charge is 0.335 e. The Hall–Kier alpha value is -1.81.